The van der Waals surface area contributed by atoms with Crippen molar-refractivity contribution < 1.29 is 14.3 Å². The highest BCUT2D eigenvalue weighted by Crippen LogP contribution is 2.34. The van der Waals surface area contributed by atoms with Crippen molar-refractivity contribution in [2.24, 2.45) is 5.92 Å². The van der Waals surface area contributed by atoms with E-state index in [1.54, 1.807) is 17.4 Å². The predicted molar refractivity (Wildman–Crippen MR) is 111 cm³/mol. The number of anilines is 1. The molecule has 1 aliphatic carbocycles. The van der Waals surface area contributed by atoms with Crippen LogP contribution < -0.4 is 5.32 Å². The van der Waals surface area contributed by atoms with E-state index < -0.39 is 0 Å². The first-order valence-electron chi connectivity index (χ1n) is 9.57. The SMILES string of the molecule is Cc1ccc(Cl)c(NC(=O)C2CCc3sc(C(=O)N4CCOCC4)cc3C2)c1. The Kier molecular flexibility index (Phi) is 5.71. The first-order valence-corrected chi connectivity index (χ1v) is 10.8. The maximum Gasteiger partial charge on any atom is 0.264 e. The summed E-state index contributed by atoms with van der Waals surface area (Å²) < 4.78 is 5.33. The van der Waals surface area contributed by atoms with Crippen molar-refractivity contribution in [1.82, 2.24) is 4.90 Å². The van der Waals surface area contributed by atoms with Crippen LogP contribution in [-0.4, -0.2) is 43.0 Å². The highest BCUT2D eigenvalue weighted by atomic mass is 35.5. The lowest BCUT2D eigenvalue weighted by Gasteiger charge is -2.26. The van der Waals surface area contributed by atoms with Gasteiger partial charge in [-0.15, -0.1) is 11.3 Å². The van der Waals surface area contributed by atoms with E-state index in [-0.39, 0.29) is 17.7 Å². The van der Waals surface area contributed by atoms with E-state index >= 15 is 0 Å². The van der Waals surface area contributed by atoms with Crippen molar-refractivity contribution in [3.63, 3.8) is 0 Å². The number of carbonyl (C=O) groups is 2. The monoisotopic (exact) mass is 418 g/mol. The van der Waals surface area contributed by atoms with Gasteiger partial charge in [-0.05, 0) is 55.5 Å². The largest absolute Gasteiger partial charge is 0.378 e. The van der Waals surface area contributed by atoms with Crippen molar-refractivity contribution >= 4 is 40.4 Å². The second-order valence-corrected chi connectivity index (χ2v) is 8.92. The van der Waals surface area contributed by atoms with Gasteiger partial charge in [0.25, 0.3) is 5.91 Å². The van der Waals surface area contributed by atoms with Crippen LogP contribution in [0.25, 0.3) is 0 Å². The Morgan fingerprint density at radius 2 is 2.04 bits per heavy atom. The number of morpholine rings is 1. The van der Waals surface area contributed by atoms with Crippen molar-refractivity contribution in [3.05, 3.63) is 50.2 Å². The molecule has 0 bridgehead atoms. The van der Waals surface area contributed by atoms with Gasteiger partial charge in [0.15, 0.2) is 0 Å². The predicted octanol–water partition coefficient (Wildman–Crippen LogP) is 3.93. The lowest BCUT2D eigenvalue weighted by Crippen LogP contribution is -2.40. The van der Waals surface area contributed by atoms with Crippen molar-refractivity contribution in [2.45, 2.75) is 26.2 Å². The van der Waals surface area contributed by atoms with Crippen LogP contribution in [0, 0.1) is 12.8 Å². The summed E-state index contributed by atoms with van der Waals surface area (Å²) >= 11 is 7.78. The number of ether oxygens (including phenoxy) is 1. The lowest BCUT2D eigenvalue weighted by molar-refractivity contribution is -0.120. The van der Waals surface area contributed by atoms with Gasteiger partial charge in [0.2, 0.25) is 5.91 Å². The molecule has 2 amide bonds. The maximum absolute atomic E-state index is 12.8. The molecule has 1 unspecified atom stereocenters. The quantitative estimate of drug-likeness (QED) is 0.821. The highest BCUT2D eigenvalue weighted by Gasteiger charge is 2.29. The van der Waals surface area contributed by atoms with Gasteiger partial charge in [-0.1, -0.05) is 17.7 Å². The molecule has 4 rings (SSSR count). The van der Waals surface area contributed by atoms with Crippen LogP contribution in [0.5, 0.6) is 0 Å². The molecule has 0 saturated carbocycles. The number of fused-ring (bicyclic) bond motifs is 1. The number of nitrogens with one attached hydrogen (secondary N) is 1. The number of rotatable bonds is 3. The molecule has 1 fully saturated rings. The van der Waals surface area contributed by atoms with E-state index in [0.29, 0.717) is 43.4 Å². The maximum atomic E-state index is 12.8. The van der Waals surface area contributed by atoms with Crippen molar-refractivity contribution in [3.8, 4) is 0 Å². The molecular weight excluding hydrogens is 396 g/mol. The molecule has 5 nitrogen and oxygen atoms in total. The van der Waals surface area contributed by atoms with E-state index in [4.69, 9.17) is 16.3 Å². The van der Waals surface area contributed by atoms with Crippen LogP contribution >= 0.6 is 22.9 Å². The fourth-order valence-corrected chi connectivity index (χ4v) is 5.09. The summed E-state index contributed by atoms with van der Waals surface area (Å²) in [5, 5.41) is 3.52. The summed E-state index contributed by atoms with van der Waals surface area (Å²) in [5.74, 6) is -0.0364. The number of hydrogen-bond donors (Lipinski definition) is 1. The van der Waals surface area contributed by atoms with E-state index in [2.05, 4.69) is 5.32 Å². The van der Waals surface area contributed by atoms with E-state index in [9.17, 15) is 9.59 Å². The molecule has 148 valence electrons. The second kappa shape index (κ2) is 8.23. The number of amides is 2. The molecule has 1 saturated heterocycles. The zero-order chi connectivity index (χ0) is 19.7. The summed E-state index contributed by atoms with van der Waals surface area (Å²) in [4.78, 5) is 29.4. The van der Waals surface area contributed by atoms with Crippen molar-refractivity contribution in [1.29, 1.82) is 0 Å². The zero-order valence-corrected chi connectivity index (χ0v) is 17.4. The molecule has 0 spiro atoms. The topological polar surface area (TPSA) is 58.6 Å². The average molecular weight is 419 g/mol. The van der Waals surface area contributed by atoms with E-state index in [1.165, 1.54) is 4.88 Å². The average Bonchev–Trinajstić information content (AvgIpc) is 3.14. The minimum Gasteiger partial charge on any atom is -0.378 e. The molecule has 1 N–H and O–H groups in total. The third-order valence-electron chi connectivity index (χ3n) is 5.34. The molecule has 1 aromatic heterocycles. The van der Waals surface area contributed by atoms with Crippen LogP contribution in [0.4, 0.5) is 5.69 Å². The molecule has 7 heteroatoms. The minimum atomic E-state index is -0.106. The zero-order valence-electron chi connectivity index (χ0n) is 15.8. The number of halogens is 1. The molecular formula is C21H23ClN2O3S. The van der Waals surface area contributed by atoms with Crippen molar-refractivity contribution in [2.75, 3.05) is 31.6 Å². The van der Waals surface area contributed by atoms with Gasteiger partial charge in [-0.25, -0.2) is 0 Å². The third kappa shape index (κ3) is 4.09. The fraction of sp³-hybridized carbons (Fsp3) is 0.429. The normalized spacial score (nSPS) is 19.2. The van der Waals surface area contributed by atoms with E-state index in [1.807, 2.05) is 30.0 Å². The smallest absolute Gasteiger partial charge is 0.264 e. The molecule has 2 aliphatic rings. The Hall–Kier alpha value is -1.89. The molecule has 2 heterocycles. The van der Waals surface area contributed by atoms with Gasteiger partial charge in [-0.3, -0.25) is 9.59 Å². The molecule has 1 aliphatic heterocycles. The Bertz CT molecular complexity index is 905. The minimum absolute atomic E-state index is 0.00888. The van der Waals surface area contributed by atoms with Crippen LogP contribution in [0.3, 0.4) is 0 Å². The molecule has 2 aromatic rings. The van der Waals surface area contributed by atoms with Gasteiger partial charge in [0, 0.05) is 23.9 Å². The Labute approximate surface area is 173 Å². The van der Waals surface area contributed by atoms with Gasteiger partial charge in [0.1, 0.15) is 0 Å². The fourth-order valence-electron chi connectivity index (χ4n) is 3.74. The highest BCUT2D eigenvalue weighted by molar-refractivity contribution is 7.14. The second-order valence-electron chi connectivity index (χ2n) is 7.38. The standard InChI is InChI=1S/C21H23ClN2O3S/c1-13-2-4-16(22)17(10-13)23-20(25)14-3-5-18-15(11-14)12-19(28-18)21(26)24-6-8-27-9-7-24/h2,4,10,12,14H,3,5-9,11H2,1H3,(H,23,25). The van der Waals surface area contributed by atoms with Gasteiger partial charge >= 0.3 is 0 Å². The molecule has 1 aromatic carbocycles. The number of nitrogens with zero attached hydrogens (tertiary/aromatic N) is 1. The molecule has 0 radical (unpaired) electrons. The summed E-state index contributed by atoms with van der Waals surface area (Å²) in [6, 6.07) is 7.59. The first kappa shape index (κ1) is 19.4. The lowest BCUT2D eigenvalue weighted by atomic mass is 9.87. The number of carbonyl (C=O) groups excluding carboxylic acids is 2. The van der Waals surface area contributed by atoms with Crippen LogP contribution in [0.15, 0.2) is 24.3 Å². The first-order chi connectivity index (χ1) is 13.5. The van der Waals surface area contributed by atoms with Crippen LogP contribution in [-0.2, 0) is 22.4 Å². The van der Waals surface area contributed by atoms with E-state index in [0.717, 1.165) is 28.8 Å². The van der Waals surface area contributed by atoms with Crippen LogP contribution in [0.1, 0.15) is 32.1 Å². The Morgan fingerprint density at radius 1 is 1.25 bits per heavy atom. The Balaban J connectivity index is 1.44. The molecule has 1 atom stereocenters. The van der Waals surface area contributed by atoms with Gasteiger partial charge in [-0.2, -0.15) is 0 Å². The number of thiophene rings is 1. The number of benzene rings is 1. The summed E-state index contributed by atoms with van der Waals surface area (Å²) in [5.41, 5.74) is 2.84. The molecule has 28 heavy (non-hydrogen) atoms. The number of aryl methyl sites for hydroxylation is 2. The Morgan fingerprint density at radius 3 is 2.82 bits per heavy atom. The summed E-state index contributed by atoms with van der Waals surface area (Å²) in [6.07, 6.45) is 2.28. The summed E-state index contributed by atoms with van der Waals surface area (Å²) in [6.45, 7) is 4.45. The summed E-state index contributed by atoms with van der Waals surface area (Å²) in [7, 11) is 0. The van der Waals surface area contributed by atoms with Gasteiger partial charge in [0.05, 0.1) is 28.8 Å². The van der Waals surface area contributed by atoms with Gasteiger partial charge < -0.3 is 15.0 Å². The number of hydrogen-bond acceptors (Lipinski definition) is 4. The third-order valence-corrected chi connectivity index (χ3v) is 6.90. The van der Waals surface area contributed by atoms with Crippen LogP contribution in [0.2, 0.25) is 5.02 Å².